The molecule has 0 bridgehead atoms. The van der Waals surface area contributed by atoms with E-state index in [0.29, 0.717) is 22.4 Å². The Bertz CT molecular complexity index is 751. The fourth-order valence-corrected chi connectivity index (χ4v) is 2.51. The van der Waals surface area contributed by atoms with Crippen molar-refractivity contribution in [3.8, 4) is 0 Å². The Kier molecular flexibility index (Phi) is 3.96. The number of carbonyl (C=O) groups excluding carboxylic acids is 1. The van der Waals surface area contributed by atoms with E-state index in [4.69, 9.17) is 0 Å². The van der Waals surface area contributed by atoms with Gasteiger partial charge < -0.3 is 5.32 Å². The largest absolute Gasteiger partial charge is 0.351 e. The first kappa shape index (κ1) is 13.7. The van der Waals surface area contributed by atoms with Crippen molar-refractivity contribution in [2.75, 3.05) is 6.54 Å². The molecule has 3 aromatic heterocycles. The van der Waals surface area contributed by atoms with Gasteiger partial charge in [-0.1, -0.05) is 0 Å². The van der Waals surface area contributed by atoms with Gasteiger partial charge in [-0.25, -0.2) is 9.50 Å². The summed E-state index contributed by atoms with van der Waals surface area (Å²) in [6.07, 6.45) is 7.84. The molecular weight excluding hydrogens is 336 g/mol. The molecule has 0 atom stereocenters. The third-order valence-corrected chi connectivity index (χ3v) is 3.69. The molecule has 0 aliphatic carbocycles. The van der Waals surface area contributed by atoms with E-state index in [1.807, 2.05) is 16.9 Å². The second-order valence-electron chi connectivity index (χ2n) is 4.43. The topological polar surface area (TPSA) is 77.1 Å². The molecule has 0 radical (unpaired) electrons. The first-order chi connectivity index (χ1) is 10.3. The molecule has 108 valence electrons. The van der Waals surface area contributed by atoms with Gasteiger partial charge in [0, 0.05) is 37.9 Å². The van der Waals surface area contributed by atoms with Crippen LogP contribution in [-0.2, 0) is 6.54 Å². The van der Waals surface area contributed by atoms with Crippen LogP contribution in [0.4, 0.5) is 0 Å². The van der Waals surface area contributed by atoms with E-state index < -0.39 is 0 Å². The van der Waals surface area contributed by atoms with Crippen LogP contribution in [0.25, 0.3) is 5.65 Å². The fourth-order valence-electron chi connectivity index (χ4n) is 1.96. The van der Waals surface area contributed by atoms with Crippen molar-refractivity contribution in [2.45, 2.75) is 13.0 Å². The molecule has 21 heavy (non-hydrogen) atoms. The van der Waals surface area contributed by atoms with Crippen molar-refractivity contribution in [3.05, 3.63) is 47.1 Å². The number of nitrogens with zero attached hydrogens (tertiary/aromatic N) is 5. The minimum Gasteiger partial charge on any atom is -0.351 e. The van der Waals surface area contributed by atoms with E-state index in [9.17, 15) is 4.79 Å². The quantitative estimate of drug-likeness (QED) is 0.709. The Balaban J connectivity index is 1.60. The third kappa shape index (κ3) is 2.94. The lowest BCUT2D eigenvalue weighted by molar-refractivity contribution is 0.0946. The van der Waals surface area contributed by atoms with Gasteiger partial charge in [-0.3, -0.25) is 9.48 Å². The van der Waals surface area contributed by atoms with Crippen molar-refractivity contribution in [1.29, 1.82) is 0 Å². The molecule has 0 saturated carbocycles. The van der Waals surface area contributed by atoms with Crippen LogP contribution >= 0.6 is 15.9 Å². The van der Waals surface area contributed by atoms with Gasteiger partial charge in [-0.2, -0.15) is 10.2 Å². The maximum absolute atomic E-state index is 12.1. The average molecular weight is 349 g/mol. The Morgan fingerprint density at radius 3 is 2.90 bits per heavy atom. The second kappa shape index (κ2) is 6.04. The molecule has 0 aromatic carbocycles. The standard InChI is InChI=1S/C13H13BrN6O/c14-10-11(18-20-9-2-4-15-12(10)20)13(21)16-5-1-7-19-8-3-6-17-19/h2-4,6,8-9H,1,5,7H2,(H,16,21). The zero-order valence-electron chi connectivity index (χ0n) is 11.1. The Morgan fingerprint density at radius 2 is 2.14 bits per heavy atom. The van der Waals surface area contributed by atoms with Crippen molar-refractivity contribution in [3.63, 3.8) is 0 Å². The number of rotatable bonds is 5. The number of nitrogens with one attached hydrogen (secondary N) is 1. The van der Waals surface area contributed by atoms with Crippen molar-refractivity contribution >= 4 is 27.5 Å². The van der Waals surface area contributed by atoms with Crippen LogP contribution in [0.3, 0.4) is 0 Å². The van der Waals surface area contributed by atoms with Crippen LogP contribution in [0.15, 0.2) is 41.4 Å². The van der Waals surface area contributed by atoms with E-state index in [0.717, 1.165) is 13.0 Å². The number of fused-ring (bicyclic) bond motifs is 1. The molecule has 0 saturated heterocycles. The van der Waals surface area contributed by atoms with Crippen LogP contribution in [0.2, 0.25) is 0 Å². The lowest BCUT2D eigenvalue weighted by Crippen LogP contribution is -2.26. The molecule has 3 aromatic rings. The van der Waals surface area contributed by atoms with E-state index in [-0.39, 0.29) is 5.91 Å². The smallest absolute Gasteiger partial charge is 0.273 e. The van der Waals surface area contributed by atoms with Crippen molar-refractivity contribution in [1.82, 2.24) is 29.7 Å². The lowest BCUT2D eigenvalue weighted by Gasteiger charge is -2.03. The molecule has 3 rings (SSSR count). The van der Waals surface area contributed by atoms with Crippen LogP contribution < -0.4 is 5.32 Å². The van der Waals surface area contributed by atoms with E-state index in [2.05, 4.69) is 36.4 Å². The van der Waals surface area contributed by atoms with E-state index >= 15 is 0 Å². The van der Waals surface area contributed by atoms with Gasteiger partial charge in [-0.05, 0) is 34.5 Å². The number of halogens is 1. The molecule has 0 aliphatic heterocycles. The molecule has 0 spiro atoms. The number of hydrogen-bond acceptors (Lipinski definition) is 4. The molecule has 1 amide bonds. The zero-order chi connectivity index (χ0) is 14.7. The molecular formula is C13H13BrN6O. The predicted octanol–water partition coefficient (Wildman–Crippen LogP) is 1.51. The molecule has 0 fully saturated rings. The number of amides is 1. The maximum Gasteiger partial charge on any atom is 0.273 e. The number of aromatic nitrogens is 5. The lowest BCUT2D eigenvalue weighted by atomic mass is 10.3. The van der Waals surface area contributed by atoms with Gasteiger partial charge >= 0.3 is 0 Å². The SMILES string of the molecule is O=C(NCCCn1cccn1)c1nn2cccnc2c1Br. The molecule has 0 unspecified atom stereocenters. The highest BCUT2D eigenvalue weighted by Gasteiger charge is 2.17. The Hall–Kier alpha value is -2.22. The third-order valence-electron chi connectivity index (χ3n) is 2.96. The summed E-state index contributed by atoms with van der Waals surface area (Å²) in [5, 5.41) is 11.2. The van der Waals surface area contributed by atoms with Gasteiger partial charge in [0.2, 0.25) is 0 Å². The number of aryl methyl sites for hydroxylation is 1. The normalized spacial score (nSPS) is 10.9. The van der Waals surface area contributed by atoms with Crippen LogP contribution in [0, 0.1) is 0 Å². The Labute approximate surface area is 129 Å². The molecule has 7 nitrogen and oxygen atoms in total. The van der Waals surface area contributed by atoms with Crippen molar-refractivity contribution in [2.24, 2.45) is 0 Å². The zero-order valence-corrected chi connectivity index (χ0v) is 12.7. The van der Waals surface area contributed by atoms with Crippen LogP contribution in [0.1, 0.15) is 16.9 Å². The average Bonchev–Trinajstić information content (AvgIpc) is 3.12. The van der Waals surface area contributed by atoms with E-state index in [1.165, 1.54) is 0 Å². The fraction of sp³-hybridized carbons (Fsp3) is 0.231. The van der Waals surface area contributed by atoms with Gasteiger partial charge in [0.15, 0.2) is 11.3 Å². The van der Waals surface area contributed by atoms with Crippen molar-refractivity contribution < 1.29 is 4.79 Å². The number of carbonyl (C=O) groups is 1. The highest BCUT2D eigenvalue weighted by Crippen LogP contribution is 2.20. The minimum absolute atomic E-state index is 0.215. The van der Waals surface area contributed by atoms with Crippen LogP contribution in [-0.4, -0.2) is 36.8 Å². The summed E-state index contributed by atoms with van der Waals surface area (Å²) in [5.74, 6) is -0.215. The molecule has 3 heterocycles. The monoisotopic (exact) mass is 348 g/mol. The van der Waals surface area contributed by atoms with E-state index in [1.54, 1.807) is 29.2 Å². The van der Waals surface area contributed by atoms with Gasteiger partial charge in [0.25, 0.3) is 5.91 Å². The highest BCUT2D eigenvalue weighted by atomic mass is 79.9. The highest BCUT2D eigenvalue weighted by molar-refractivity contribution is 9.10. The molecule has 0 aliphatic rings. The van der Waals surface area contributed by atoms with Gasteiger partial charge in [0.1, 0.15) is 0 Å². The summed E-state index contributed by atoms with van der Waals surface area (Å²) >= 11 is 3.37. The summed E-state index contributed by atoms with van der Waals surface area (Å²) in [4.78, 5) is 16.3. The molecule has 1 N–H and O–H groups in total. The van der Waals surface area contributed by atoms with Gasteiger partial charge in [-0.15, -0.1) is 0 Å². The van der Waals surface area contributed by atoms with Gasteiger partial charge in [0.05, 0.1) is 4.47 Å². The number of hydrogen-bond donors (Lipinski definition) is 1. The summed E-state index contributed by atoms with van der Waals surface area (Å²) in [7, 11) is 0. The summed E-state index contributed by atoms with van der Waals surface area (Å²) in [6.45, 7) is 1.33. The second-order valence-corrected chi connectivity index (χ2v) is 5.22. The summed E-state index contributed by atoms with van der Waals surface area (Å²) in [5.41, 5.74) is 0.965. The minimum atomic E-state index is -0.215. The maximum atomic E-state index is 12.1. The summed E-state index contributed by atoms with van der Waals surface area (Å²) in [6, 6.07) is 3.64. The van der Waals surface area contributed by atoms with Crippen LogP contribution in [0.5, 0.6) is 0 Å². The first-order valence-electron chi connectivity index (χ1n) is 6.50. The Morgan fingerprint density at radius 1 is 1.29 bits per heavy atom. The first-order valence-corrected chi connectivity index (χ1v) is 7.29. The molecule has 8 heteroatoms. The summed E-state index contributed by atoms with van der Waals surface area (Å²) < 4.78 is 4.01. The predicted molar refractivity (Wildman–Crippen MR) is 79.9 cm³/mol.